The molecule has 0 aromatic heterocycles. The van der Waals surface area contributed by atoms with E-state index in [-0.39, 0.29) is 13.2 Å². The summed E-state index contributed by atoms with van der Waals surface area (Å²) >= 11 is 6.31. The monoisotopic (exact) mass is 478 g/mol. The highest BCUT2D eigenvalue weighted by Crippen LogP contribution is 2.30. The zero-order valence-corrected chi connectivity index (χ0v) is 20.1. The lowest BCUT2D eigenvalue weighted by molar-refractivity contribution is -0.231. The summed E-state index contributed by atoms with van der Waals surface area (Å²) in [6, 6.07) is 15.6. The Balaban J connectivity index is 1.99. The highest BCUT2D eigenvalue weighted by Gasteiger charge is 2.28. The Bertz CT molecular complexity index is 894. The first-order chi connectivity index (χ1) is 15.8. The third-order valence-corrected chi connectivity index (χ3v) is 5.13. The summed E-state index contributed by atoms with van der Waals surface area (Å²) in [6.07, 6.45) is -1.48. The summed E-state index contributed by atoms with van der Waals surface area (Å²) < 4.78 is 21.8. The van der Waals surface area contributed by atoms with Gasteiger partial charge in [0.15, 0.2) is 5.79 Å². The summed E-state index contributed by atoms with van der Waals surface area (Å²) in [5, 5.41) is 5.78. The molecule has 0 spiro atoms. The van der Waals surface area contributed by atoms with Gasteiger partial charge in [-0.2, -0.15) is 0 Å². The van der Waals surface area contributed by atoms with Crippen LogP contribution in [0.1, 0.15) is 31.1 Å². The zero-order chi connectivity index (χ0) is 24.3. The molecule has 0 aliphatic rings. The average molecular weight is 479 g/mol. The van der Waals surface area contributed by atoms with E-state index >= 15 is 0 Å². The fourth-order valence-electron chi connectivity index (χ4n) is 2.91. The molecule has 0 fully saturated rings. The number of ether oxygens (including phenoxy) is 4. The van der Waals surface area contributed by atoms with E-state index in [0.29, 0.717) is 17.1 Å². The van der Waals surface area contributed by atoms with Crippen molar-refractivity contribution in [1.29, 1.82) is 0 Å². The Morgan fingerprint density at radius 3 is 2.30 bits per heavy atom. The van der Waals surface area contributed by atoms with Gasteiger partial charge in [-0.05, 0) is 25.5 Å². The number of nitrogens with one attached hydrogen (secondary N) is 2. The van der Waals surface area contributed by atoms with Crippen molar-refractivity contribution in [3.63, 3.8) is 0 Å². The molecule has 0 aliphatic carbocycles. The van der Waals surface area contributed by atoms with E-state index < -0.39 is 29.9 Å². The highest BCUT2D eigenvalue weighted by atomic mass is 35.5. The van der Waals surface area contributed by atoms with Crippen LogP contribution in [0.15, 0.2) is 54.6 Å². The Morgan fingerprint density at radius 2 is 1.67 bits per heavy atom. The van der Waals surface area contributed by atoms with Crippen molar-refractivity contribution in [3.05, 3.63) is 70.7 Å². The molecular weight excluding hydrogens is 448 g/mol. The number of carbonyl (C=O) groups excluding carboxylic acids is 2. The summed E-state index contributed by atoms with van der Waals surface area (Å²) in [4.78, 5) is 25.0. The number of alkyl carbamates (subject to hydrolysis) is 1. The largest absolute Gasteiger partial charge is 0.446 e. The third kappa shape index (κ3) is 9.01. The fraction of sp³-hybridized carbons (Fsp3) is 0.417. The molecule has 2 amide bonds. The molecule has 2 atom stereocenters. The second-order valence-corrected chi connectivity index (χ2v) is 8.09. The summed E-state index contributed by atoms with van der Waals surface area (Å²) in [5.74, 6) is -1.34. The van der Waals surface area contributed by atoms with Crippen molar-refractivity contribution < 1.29 is 28.5 Å². The van der Waals surface area contributed by atoms with Gasteiger partial charge in [-0.3, -0.25) is 4.79 Å². The van der Waals surface area contributed by atoms with E-state index in [2.05, 4.69) is 10.6 Å². The topological polar surface area (TPSA) is 95.1 Å². The van der Waals surface area contributed by atoms with Gasteiger partial charge in [0, 0.05) is 31.4 Å². The maximum Gasteiger partial charge on any atom is 0.407 e. The predicted octanol–water partition coefficient (Wildman–Crippen LogP) is 3.84. The molecule has 2 rings (SSSR count). The molecule has 0 bridgehead atoms. The number of rotatable bonds is 12. The molecular formula is C24H31ClN2O6. The average Bonchev–Trinajstić information content (AvgIpc) is 2.81. The van der Waals surface area contributed by atoms with Gasteiger partial charge in [0.1, 0.15) is 18.8 Å². The second-order valence-electron chi connectivity index (χ2n) is 7.69. The van der Waals surface area contributed by atoms with Crippen LogP contribution in [0.4, 0.5) is 4.79 Å². The third-order valence-electron chi connectivity index (χ3n) is 4.79. The van der Waals surface area contributed by atoms with Gasteiger partial charge in [0.2, 0.25) is 5.91 Å². The first-order valence-electron chi connectivity index (χ1n) is 10.5. The molecule has 0 unspecified atom stereocenters. The molecule has 0 heterocycles. The van der Waals surface area contributed by atoms with Crippen molar-refractivity contribution in [2.45, 2.75) is 38.3 Å². The van der Waals surface area contributed by atoms with Gasteiger partial charge in [-0.25, -0.2) is 4.79 Å². The highest BCUT2D eigenvalue weighted by molar-refractivity contribution is 6.31. The molecule has 180 valence electrons. The number of halogens is 1. The summed E-state index contributed by atoms with van der Waals surface area (Å²) in [7, 11) is 2.96. The standard InChI is InChI=1S/C24H31ClN2O6/c1-24(2,31-4)33-21(18-12-8-9-13-19(18)25)16-32-23(29)27-20(15-30-3)22(28)26-14-17-10-6-5-7-11-17/h5-13,20-21H,14-16H2,1-4H3,(H,26,28)(H,27,29)/t20-,21-/m1/s1. The lowest BCUT2D eigenvalue weighted by atomic mass is 10.1. The van der Waals surface area contributed by atoms with Crippen LogP contribution in [-0.4, -0.2) is 51.3 Å². The van der Waals surface area contributed by atoms with Crippen molar-refractivity contribution in [1.82, 2.24) is 10.6 Å². The van der Waals surface area contributed by atoms with Crippen LogP contribution >= 0.6 is 11.6 Å². The van der Waals surface area contributed by atoms with Crippen LogP contribution < -0.4 is 10.6 Å². The predicted molar refractivity (Wildman–Crippen MR) is 125 cm³/mol. The number of benzene rings is 2. The lowest BCUT2D eigenvalue weighted by Crippen LogP contribution is -2.49. The van der Waals surface area contributed by atoms with Gasteiger partial charge in [0.05, 0.1) is 6.61 Å². The lowest BCUT2D eigenvalue weighted by Gasteiger charge is -2.30. The molecule has 0 radical (unpaired) electrons. The van der Waals surface area contributed by atoms with Crippen molar-refractivity contribution in [2.24, 2.45) is 0 Å². The number of carbonyl (C=O) groups is 2. The molecule has 9 heteroatoms. The van der Waals surface area contributed by atoms with Crippen molar-refractivity contribution in [3.8, 4) is 0 Å². The maximum atomic E-state index is 12.6. The van der Waals surface area contributed by atoms with Gasteiger partial charge < -0.3 is 29.6 Å². The number of methoxy groups -OCH3 is 2. The van der Waals surface area contributed by atoms with Crippen LogP contribution in [-0.2, 0) is 30.3 Å². The normalized spacial score (nSPS) is 13.1. The minimum atomic E-state index is -0.945. The fourth-order valence-corrected chi connectivity index (χ4v) is 3.16. The Kier molecular flexibility index (Phi) is 10.6. The van der Waals surface area contributed by atoms with E-state index in [1.54, 1.807) is 32.0 Å². The Morgan fingerprint density at radius 1 is 1.00 bits per heavy atom. The van der Waals surface area contributed by atoms with E-state index in [1.807, 2.05) is 36.4 Å². The van der Waals surface area contributed by atoms with Crippen LogP contribution in [0.25, 0.3) is 0 Å². The van der Waals surface area contributed by atoms with Crippen molar-refractivity contribution >= 4 is 23.6 Å². The minimum absolute atomic E-state index is 0.0170. The SMILES string of the molecule is COC[C@@H](NC(=O)OC[C@@H](OC(C)(C)OC)c1ccccc1Cl)C(=O)NCc1ccccc1. The molecule has 0 saturated heterocycles. The molecule has 33 heavy (non-hydrogen) atoms. The van der Waals surface area contributed by atoms with Gasteiger partial charge in [-0.15, -0.1) is 0 Å². The van der Waals surface area contributed by atoms with E-state index in [1.165, 1.54) is 14.2 Å². The first-order valence-corrected chi connectivity index (χ1v) is 10.8. The zero-order valence-electron chi connectivity index (χ0n) is 19.3. The number of hydrogen-bond donors (Lipinski definition) is 2. The molecule has 0 aliphatic heterocycles. The Hall–Kier alpha value is -2.65. The summed E-state index contributed by atoms with van der Waals surface area (Å²) in [5.41, 5.74) is 1.58. The second kappa shape index (κ2) is 13.2. The van der Waals surface area contributed by atoms with E-state index in [0.717, 1.165) is 5.56 Å². The van der Waals surface area contributed by atoms with Crippen LogP contribution in [0.3, 0.4) is 0 Å². The Labute approximate surface area is 199 Å². The molecule has 2 aromatic rings. The summed E-state index contributed by atoms with van der Waals surface area (Å²) in [6.45, 7) is 3.64. The smallest absolute Gasteiger partial charge is 0.407 e. The molecule has 2 N–H and O–H groups in total. The molecule has 0 saturated carbocycles. The van der Waals surface area contributed by atoms with Gasteiger partial charge >= 0.3 is 6.09 Å². The first kappa shape index (κ1) is 26.6. The van der Waals surface area contributed by atoms with Crippen molar-refractivity contribution in [2.75, 3.05) is 27.4 Å². The van der Waals surface area contributed by atoms with Crippen LogP contribution in [0.5, 0.6) is 0 Å². The van der Waals surface area contributed by atoms with E-state index in [4.69, 9.17) is 30.5 Å². The number of hydrogen-bond acceptors (Lipinski definition) is 6. The number of amides is 2. The molecule has 2 aromatic carbocycles. The van der Waals surface area contributed by atoms with Gasteiger partial charge in [-0.1, -0.05) is 60.1 Å². The quantitative estimate of drug-likeness (QED) is 0.450. The molecule has 8 nitrogen and oxygen atoms in total. The van der Waals surface area contributed by atoms with Crippen LogP contribution in [0.2, 0.25) is 5.02 Å². The van der Waals surface area contributed by atoms with E-state index in [9.17, 15) is 9.59 Å². The minimum Gasteiger partial charge on any atom is -0.446 e. The maximum absolute atomic E-state index is 12.6. The van der Waals surface area contributed by atoms with Crippen LogP contribution in [0, 0.1) is 0 Å². The van der Waals surface area contributed by atoms with Gasteiger partial charge in [0.25, 0.3) is 0 Å².